The highest BCUT2D eigenvalue weighted by Crippen LogP contribution is 2.24. The minimum Gasteiger partial charge on any atom is -0.450 e. The maximum absolute atomic E-state index is 12.8. The van der Waals surface area contributed by atoms with Crippen molar-refractivity contribution in [2.24, 2.45) is 7.05 Å². The van der Waals surface area contributed by atoms with Gasteiger partial charge in [-0.05, 0) is 49.8 Å². The van der Waals surface area contributed by atoms with E-state index in [9.17, 15) is 19.2 Å². The molecule has 1 aromatic heterocycles. The van der Waals surface area contributed by atoms with E-state index in [4.69, 9.17) is 4.74 Å². The van der Waals surface area contributed by atoms with Gasteiger partial charge in [0.1, 0.15) is 6.04 Å². The fraction of sp³-hybridized carbons (Fsp3) is 0.600. The molecule has 9 nitrogen and oxygen atoms in total. The predicted octanol–water partition coefficient (Wildman–Crippen LogP) is 3.34. The first-order chi connectivity index (χ1) is 16.4. The van der Waals surface area contributed by atoms with Crippen molar-refractivity contribution in [2.75, 3.05) is 13.2 Å². The summed E-state index contributed by atoms with van der Waals surface area (Å²) < 4.78 is 8.14. The van der Waals surface area contributed by atoms with Crippen molar-refractivity contribution in [3.63, 3.8) is 0 Å². The average molecular weight is 473 g/mol. The molecule has 1 aliphatic rings. The molecular weight excluding hydrogens is 436 g/mol. The fourth-order valence-corrected chi connectivity index (χ4v) is 4.33. The zero-order valence-electron chi connectivity index (χ0n) is 20.2. The van der Waals surface area contributed by atoms with Crippen molar-refractivity contribution in [2.45, 2.75) is 77.2 Å². The Bertz CT molecular complexity index is 1070. The van der Waals surface area contributed by atoms with Crippen LogP contribution in [0.2, 0.25) is 0 Å². The number of hydrogen-bond acceptors (Lipinski definition) is 5. The molecule has 34 heavy (non-hydrogen) atoms. The maximum Gasteiger partial charge on any atom is 0.407 e. The second-order valence-corrected chi connectivity index (χ2v) is 8.94. The third-order valence-electron chi connectivity index (χ3n) is 6.32. The first-order valence-corrected chi connectivity index (χ1v) is 12.4. The third-order valence-corrected chi connectivity index (χ3v) is 6.32. The molecular formula is C25H36N4O5. The lowest BCUT2D eigenvalue weighted by Gasteiger charge is -2.21. The smallest absolute Gasteiger partial charge is 0.407 e. The number of benzene rings is 1. The van der Waals surface area contributed by atoms with Gasteiger partial charge in [0.05, 0.1) is 17.6 Å². The molecule has 1 aromatic carbocycles. The predicted molar refractivity (Wildman–Crippen MR) is 130 cm³/mol. The van der Waals surface area contributed by atoms with Crippen LogP contribution in [0.15, 0.2) is 23.0 Å². The SMILES string of the molecule is CCCCOC(=O)NCCCCCCCc1ccc2c(c1)n(C)c(=O)n2C1CCC(=O)NC1=O. The minimum atomic E-state index is -0.660. The Hall–Kier alpha value is -3.10. The van der Waals surface area contributed by atoms with E-state index in [-0.39, 0.29) is 24.1 Å². The second kappa shape index (κ2) is 12.4. The zero-order valence-corrected chi connectivity index (χ0v) is 20.2. The summed E-state index contributed by atoms with van der Waals surface area (Å²) in [6.07, 6.45) is 8.27. The van der Waals surface area contributed by atoms with Gasteiger partial charge >= 0.3 is 11.8 Å². The fourth-order valence-electron chi connectivity index (χ4n) is 4.33. The number of aryl methyl sites for hydroxylation is 2. The normalized spacial score (nSPS) is 16.0. The molecule has 0 radical (unpaired) electrons. The Morgan fingerprint density at radius 1 is 1.09 bits per heavy atom. The molecule has 3 rings (SSSR count). The van der Waals surface area contributed by atoms with Crippen molar-refractivity contribution < 1.29 is 19.1 Å². The molecule has 1 aliphatic heterocycles. The lowest BCUT2D eigenvalue weighted by molar-refractivity contribution is -0.135. The number of fused-ring (bicyclic) bond motifs is 1. The number of amides is 3. The van der Waals surface area contributed by atoms with Crippen molar-refractivity contribution in [1.29, 1.82) is 0 Å². The quantitative estimate of drug-likeness (QED) is 0.364. The summed E-state index contributed by atoms with van der Waals surface area (Å²) >= 11 is 0. The van der Waals surface area contributed by atoms with Crippen LogP contribution >= 0.6 is 0 Å². The monoisotopic (exact) mass is 472 g/mol. The number of carbonyl (C=O) groups is 3. The van der Waals surface area contributed by atoms with Crippen LogP contribution in [0.25, 0.3) is 11.0 Å². The molecule has 186 valence electrons. The Morgan fingerprint density at radius 2 is 1.85 bits per heavy atom. The number of ether oxygens (including phenoxy) is 1. The molecule has 1 atom stereocenters. The lowest BCUT2D eigenvalue weighted by atomic mass is 10.0. The molecule has 0 spiro atoms. The van der Waals surface area contributed by atoms with Gasteiger partial charge in [-0.15, -0.1) is 0 Å². The molecule has 3 amide bonds. The van der Waals surface area contributed by atoms with Gasteiger partial charge in [-0.1, -0.05) is 38.7 Å². The number of carbonyl (C=O) groups excluding carboxylic acids is 3. The summed E-state index contributed by atoms with van der Waals surface area (Å²) in [5.41, 5.74) is 2.42. The highest BCUT2D eigenvalue weighted by Gasteiger charge is 2.31. The lowest BCUT2D eigenvalue weighted by Crippen LogP contribution is -2.44. The maximum atomic E-state index is 12.8. The Balaban J connectivity index is 1.45. The Kier molecular flexibility index (Phi) is 9.30. The molecule has 2 heterocycles. The van der Waals surface area contributed by atoms with Crippen LogP contribution in [-0.4, -0.2) is 40.2 Å². The Morgan fingerprint density at radius 3 is 2.62 bits per heavy atom. The molecule has 9 heteroatoms. The van der Waals surface area contributed by atoms with Gasteiger partial charge in [-0.3, -0.25) is 24.0 Å². The number of alkyl carbamates (subject to hydrolysis) is 1. The zero-order chi connectivity index (χ0) is 24.5. The summed E-state index contributed by atoms with van der Waals surface area (Å²) in [5, 5.41) is 5.12. The highest BCUT2D eigenvalue weighted by molar-refractivity contribution is 6.00. The van der Waals surface area contributed by atoms with Gasteiger partial charge in [0.2, 0.25) is 11.8 Å². The molecule has 1 fully saturated rings. The summed E-state index contributed by atoms with van der Waals surface area (Å²) in [6, 6.07) is 5.28. The van der Waals surface area contributed by atoms with Crippen LogP contribution in [0.3, 0.4) is 0 Å². The molecule has 1 saturated heterocycles. The van der Waals surface area contributed by atoms with Crippen LogP contribution in [-0.2, 0) is 27.8 Å². The van der Waals surface area contributed by atoms with Crippen LogP contribution in [0.4, 0.5) is 4.79 Å². The molecule has 0 bridgehead atoms. The van der Waals surface area contributed by atoms with Crippen molar-refractivity contribution in [3.05, 3.63) is 34.2 Å². The first kappa shape index (κ1) is 25.5. The van der Waals surface area contributed by atoms with Gasteiger partial charge in [-0.25, -0.2) is 9.59 Å². The number of piperidine rings is 1. The van der Waals surface area contributed by atoms with E-state index in [0.29, 0.717) is 25.1 Å². The largest absolute Gasteiger partial charge is 0.450 e. The third kappa shape index (κ3) is 6.48. The number of imidazole rings is 1. The van der Waals surface area contributed by atoms with E-state index < -0.39 is 11.9 Å². The average Bonchev–Trinajstić information content (AvgIpc) is 3.05. The van der Waals surface area contributed by atoms with Crippen LogP contribution < -0.4 is 16.3 Å². The number of imide groups is 1. The number of nitrogens with zero attached hydrogens (tertiary/aromatic N) is 2. The summed E-state index contributed by atoms with van der Waals surface area (Å²) in [4.78, 5) is 48.1. The molecule has 0 aliphatic carbocycles. The minimum absolute atomic E-state index is 0.233. The molecule has 2 N–H and O–H groups in total. The standard InChI is InChI=1S/C25H36N4O5/c1-3-4-16-34-24(32)26-15-9-7-5-6-8-10-18-11-12-19-21(17-18)28(2)25(33)29(19)20-13-14-22(30)27-23(20)31/h11-12,17,20H,3-10,13-16H2,1-2H3,(H,26,32)(H,27,30,31). The van der Waals surface area contributed by atoms with E-state index in [1.807, 2.05) is 18.2 Å². The van der Waals surface area contributed by atoms with Gasteiger partial charge in [0.15, 0.2) is 0 Å². The van der Waals surface area contributed by atoms with Crippen molar-refractivity contribution in [3.8, 4) is 0 Å². The van der Waals surface area contributed by atoms with E-state index in [2.05, 4.69) is 17.6 Å². The van der Waals surface area contributed by atoms with Gasteiger partial charge < -0.3 is 10.1 Å². The van der Waals surface area contributed by atoms with Crippen LogP contribution in [0.1, 0.15) is 76.3 Å². The molecule has 1 unspecified atom stereocenters. The van der Waals surface area contributed by atoms with Crippen LogP contribution in [0.5, 0.6) is 0 Å². The number of nitrogens with one attached hydrogen (secondary N) is 2. The summed E-state index contributed by atoms with van der Waals surface area (Å²) in [7, 11) is 1.71. The van der Waals surface area contributed by atoms with E-state index in [0.717, 1.165) is 62.4 Å². The number of unbranched alkanes of at least 4 members (excludes halogenated alkanes) is 5. The van der Waals surface area contributed by atoms with Gasteiger partial charge in [-0.2, -0.15) is 0 Å². The molecule has 2 aromatic rings. The molecule has 0 saturated carbocycles. The second-order valence-electron chi connectivity index (χ2n) is 8.94. The van der Waals surface area contributed by atoms with E-state index in [1.54, 1.807) is 11.6 Å². The topological polar surface area (TPSA) is 111 Å². The van der Waals surface area contributed by atoms with Crippen LogP contribution in [0, 0.1) is 0 Å². The number of aromatic nitrogens is 2. The first-order valence-electron chi connectivity index (χ1n) is 12.4. The number of hydrogen-bond donors (Lipinski definition) is 2. The number of rotatable bonds is 12. The van der Waals surface area contributed by atoms with Crippen molar-refractivity contribution >= 4 is 28.9 Å². The van der Waals surface area contributed by atoms with E-state index in [1.165, 1.54) is 4.57 Å². The van der Waals surface area contributed by atoms with Gasteiger partial charge in [0.25, 0.3) is 0 Å². The summed E-state index contributed by atoms with van der Waals surface area (Å²) in [5.74, 6) is -0.712. The summed E-state index contributed by atoms with van der Waals surface area (Å²) in [6.45, 7) is 3.17. The highest BCUT2D eigenvalue weighted by atomic mass is 16.5. The van der Waals surface area contributed by atoms with Crippen molar-refractivity contribution in [1.82, 2.24) is 19.8 Å². The van der Waals surface area contributed by atoms with Gasteiger partial charge in [0, 0.05) is 20.0 Å². The van der Waals surface area contributed by atoms with E-state index >= 15 is 0 Å². The Labute approximate surface area is 199 Å².